The van der Waals surface area contributed by atoms with Gasteiger partial charge < -0.3 is 112 Å². The molecule has 24 nitrogen and oxygen atoms in total. The maximum Gasteiger partial charge on any atom is 0.460 e. The topological polar surface area (TPSA) is 310 Å². The minimum atomic E-state index is -4.25. The van der Waals surface area contributed by atoms with Gasteiger partial charge in [0.1, 0.15) is 52.6 Å². The number of allylic oxidation sites excluding steroid dienone is 2. The van der Waals surface area contributed by atoms with Crippen molar-refractivity contribution >= 4 is 90.4 Å². The maximum absolute atomic E-state index is 12.0. The lowest BCUT2D eigenvalue weighted by molar-refractivity contribution is -0.149. The molecule has 0 amide bonds. The first-order chi connectivity index (χ1) is 70.9. The van der Waals surface area contributed by atoms with Gasteiger partial charge in [-0.2, -0.15) is 8.78 Å². The molecule has 0 radical (unpaired) electrons. The van der Waals surface area contributed by atoms with Crippen molar-refractivity contribution < 1.29 is 129 Å². The SMILES string of the molecule is C=CCOP(O)OCC=C.CCCCCCCCCc1ccc(OP(O)Oc2ccc(CCCCCCCCC)cc2)cc1.COP(O)OCC(F)(F)C(F)F.Cc1ccc(OP(O)Oc2ccc(C)cc2)cc1.OP(OC1C=CCCC1)OC1C=CCCC1.OP(OC1CCCCC1)OC1CCCCC1.OP(Oc1cccc2ccccc12)Oc1cccc2ccccc12.OP(Oc1ccccc1)Oc1ccccc1. The summed E-state index contributed by atoms with van der Waals surface area (Å²) in [5, 5.41) is 4.01. The average molecular weight is 2180 g/mol. The Hall–Kier alpha value is -7.40. The number of unbranched alkanes of at least 4 members (excludes halogenated alkanes) is 12. The van der Waals surface area contributed by atoms with Gasteiger partial charge in [-0.3, -0.25) is 0 Å². The number of rotatable bonds is 51. The minimum absolute atomic E-state index is 0.0393. The highest BCUT2D eigenvalue weighted by Crippen LogP contribution is 2.47. The number of halogens is 4. The Kier molecular flexibility index (Phi) is 66.2. The second kappa shape index (κ2) is 77.0. The normalized spacial score (nSPS) is 15.0. The predicted molar refractivity (Wildman–Crippen MR) is 585 cm³/mol. The summed E-state index contributed by atoms with van der Waals surface area (Å²) in [4.78, 5) is 76.6. The van der Waals surface area contributed by atoms with Crippen LogP contribution in [0.2, 0.25) is 0 Å². The van der Waals surface area contributed by atoms with E-state index < -0.39 is 87.8 Å². The molecule has 2 saturated carbocycles. The number of fused-ring (bicyclic) bond motifs is 2. The summed E-state index contributed by atoms with van der Waals surface area (Å²) < 4.78 is 130. The third-order valence-electron chi connectivity index (χ3n) is 22.4. The molecule has 10 aromatic rings. The molecule has 4 aliphatic rings. The Balaban J connectivity index is 0.000000232. The molecule has 0 bridgehead atoms. The zero-order valence-corrected chi connectivity index (χ0v) is 91.5. The largest absolute Gasteiger partial charge is 0.460 e. The molecule has 10 aromatic carbocycles. The second-order valence-electron chi connectivity index (χ2n) is 34.3. The predicted octanol–water partition coefficient (Wildman–Crippen LogP) is 33.7. The Morgan fingerprint density at radius 3 is 1.00 bits per heavy atom. The van der Waals surface area contributed by atoms with Crippen molar-refractivity contribution in [3.05, 3.63) is 315 Å². The number of hydrogen-bond donors (Lipinski definition) is 8. The van der Waals surface area contributed by atoms with Crippen LogP contribution in [0.3, 0.4) is 0 Å². The molecule has 8 N–H and O–H groups in total. The van der Waals surface area contributed by atoms with Gasteiger partial charge in [-0.1, -0.05) is 335 Å². The number of para-hydroxylation sites is 2. The third-order valence-corrected chi connectivity index (χ3v) is 28.5. The van der Waals surface area contributed by atoms with Gasteiger partial charge in [-0.15, -0.1) is 13.2 Å². The fourth-order valence-corrected chi connectivity index (χ4v) is 20.0. The number of alkyl halides is 4. The minimum Gasteiger partial charge on any atom is -0.418 e. The molecule has 800 valence electrons. The van der Waals surface area contributed by atoms with Gasteiger partial charge in [0.05, 0.1) is 37.6 Å². The summed E-state index contributed by atoms with van der Waals surface area (Å²) in [6, 6.07) is 76.4. The highest BCUT2D eigenvalue weighted by atomic mass is 31.2. The average Bonchev–Trinajstić information content (AvgIpc) is 0.814. The fraction of sp³-hybridized carbons (Fsp3) is 0.418. The Morgan fingerprint density at radius 1 is 0.336 bits per heavy atom. The second-order valence-corrected chi connectivity index (χ2v) is 41.5. The quantitative estimate of drug-likeness (QED) is 0.00760. The first kappa shape index (κ1) is 126. The van der Waals surface area contributed by atoms with Crippen LogP contribution in [0.4, 0.5) is 17.6 Å². The van der Waals surface area contributed by atoms with E-state index >= 15 is 0 Å². The summed E-state index contributed by atoms with van der Waals surface area (Å²) >= 11 is 0. The zero-order chi connectivity index (χ0) is 105. The van der Waals surface area contributed by atoms with E-state index in [1.807, 2.05) is 196 Å². The van der Waals surface area contributed by atoms with Crippen LogP contribution in [-0.2, 0) is 49.0 Å². The molecule has 4 aliphatic carbocycles. The van der Waals surface area contributed by atoms with Gasteiger partial charge in [-0.05, 0) is 211 Å². The lowest BCUT2D eigenvalue weighted by Crippen LogP contribution is -2.31. The molecule has 0 spiro atoms. The molecule has 3 unspecified atom stereocenters. The van der Waals surface area contributed by atoms with Crippen molar-refractivity contribution in [3.63, 3.8) is 0 Å². The van der Waals surface area contributed by atoms with Crippen molar-refractivity contribution in [2.75, 3.05) is 26.9 Å². The number of hydrogen-bond acceptors (Lipinski definition) is 24. The van der Waals surface area contributed by atoms with Crippen LogP contribution in [0.1, 0.15) is 229 Å². The lowest BCUT2D eigenvalue weighted by Gasteiger charge is -2.27. The highest BCUT2D eigenvalue weighted by Gasteiger charge is 2.42. The molecule has 0 heterocycles. The maximum atomic E-state index is 12.0. The van der Waals surface area contributed by atoms with E-state index in [2.05, 4.69) is 72.5 Å². The number of aryl methyl sites for hydroxylation is 4. The van der Waals surface area contributed by atoms with Crippen LogP contribution in [0, 0.1) is 13.8 Å². The zero-order valence-electron chi connectivity index (χ0n) is 84.3. The Labute approximate surface area is 871 Å². The van der Waals surface area contributed by atoms with Gasteiger partial charge >= 0.3 is 81.2 Å². The van der Waals surface area contributed by atoms with E-state index in [1.165, 1.54) is 140 Å². The molecule has 146 heavy (non-hydrogen) atoms. The highest BCUT2D eigenvalue weighted by molar-refractivity contribution is 7.43. The van der Waals surface area contributed by atoms with Gasteiger partial charge in [-0.25, -0.2) is 8.78 Å². The van der Waals surface area contributed by atoms with E-state index in [-0.39, 0.29) is 24.4 Å². The molecular formula is C110H148F4O24P8. The number of benzene rings is 10. The van der Waals surface area contributed by atoms with Crippen LogP contribution in [0.5, 0.6) is 46.0 Å². The summed E-state index contributed by atoms with van der Waals surface area (Å²) in [6.07, 6.45) is 47.3. The lowest BCUT2D eigenvalue weighted by atomic mass is 9.98. The van der Waals surface area contributed by atoms with Crippen molar-refractivity contribution in [3.8, 4) is 46.0 Å². The Bertz CT molecular complexity index is 4780. The molecule has 0 aliphatic heterocycles. The van der Waals surface area contributed by atoms with Crippen LogP contribution >= 0.6 is 68.8 Å². The van der Waals surface area contributed by atoms with E-state index in [1.54, 1.807) is 60.7 Å². The molecule has 14 rings (SSSR count). The van der Waals surface area contributed by atoms with Crippen molar-refractivity contribution in [1.29, 1.82) is 0 Å². The molecular weight excluding hydrogens is 2030 g/mol. The van der Waals surface area contributed by atoms with E-state index in [4.69, 9.17) is 73.1 Å². The van der Waals surface area contributed by atoms with Gasteiger partial charge in [0.25, 0.3) is 0 Å². The summed E-state index contributed by atoms with van der Waals surface area (Å²) in [6.45, 7) is 14.4. The van der Waals surface area contributed by atoms with Crippen LogP contribution in [-0.4, -0.2) is 103 Å². The first-order valence-electron chi connectivity index (χ1n) is 49.9. The monoisotopic (exact) mass is 2180 g/mol. The van der Waals surface area contributed by atoms with E-state index in [0.717, 1.165) is 117 Å². The summed E-state index contributed by atoms with van der Waals surface area (Å²) in [5.74, 6) is 0.646. The van der Waals surface area contributed by atoms with Crippen LogP contribution in [0.15, 0.2) is 292 Å². The van der Waals surface area contributed by atoms with Crippen molar-refractivity contribution in [1.82, 2.24) is 0 Å². The van der Waals surface area contributed by atoms with Gasteiger partial charge in [0.2, 0.25) is 0 Å². The smallest absolute Gasteiger partial charge is 0.418 e. The molecule has 0 saturated heterocycles. The third kappa shape index (κ3) is 56.6. The molecule has 3 atom stereocenters. The summed E-state index contributed by atoms with van der Waals surface area (Å²) in [5.41, 5.74) is 4.93. The standard InChI is InChI=1S/C30H47O3P.C20H15O3P.C14H15O3P.C12H23O3P.C12H19O3P.C12H11O3P.C6H11O3P.C4H7F4O3P/c1-3-5-7-9-11-13-15-17-27-19-23-29(24-20-27)32-34(31)33-30-25-21-28(22-26-30)18-16-14-12-10-8-6-4-2;21-24(22-19-13-5-9-15-7-1-3-11-17(15)19)23-20-14-6-10-16-8-2-4-12-18(16)20;1-11-3-7-13(8-4-11)16-18(15)17-14-9-5-12(2)6-10-14;3*13-16(14-11-7-3-1-4-8-11)15-12-9-5-2-6-10-12;1-3-5-8-10(7)9-6-4-2;1-10-12(9)11-2-4(7,8)3(5)6/h19-26,31H,3-18H2,1-2H3;1-14,21H;3-10,15H,1-2H3;11-13H,1-10H2;3,5,7,9,11-13H,1-2,4,6,8,10H2;1-10,13H;3-4,7H,1-2,5-6H2;3,9H,2H2,1H3. The van der Waals surface area contributed by atoms with Crippen LogP contribution < -0.4 is 36.2 Å². The van der Waals surface area contributed by atoms with E-state index in [9.17, 15) is 46.9 Å². The van der Waals surface area contributed by atoms with Gasteiger partial charge in [0, 0.05) is 17.9 Å². The van der Waals surface area contributed by atoms with Crippen LogP contribution in [0.25, 0.3) is 21.5 Å². The Morgan fingerprint density at radius 2 is 0.658 bits per heavy atom. The first-order valence-corrected chi connectivity index (χ1v) is 59.0. The van der Waals surface area contributed by atoms with Crippen molar-refractivity contribution in [2.45, 2.75) is 270 Å². The van der Waals surface area contributed by atoms with Gasteiger partial charge in [0.15, 0.2) is 0 Å². The van der Waals surface area contributed by atoms with E-state index in [0.29, 0.717) is 59.2 Å². The molecule has 2 fully saturated rings. The molecule has 0 aromatic heterocycles. The summed E-state index contributed by atoms with van der Waals surface area (Å²) in [7, 11) is -14.5. The van der Waals surface area contributed by atoms with Crippen molar-refractivity contribution in [2.24, 2.45) is 0 Å². The fourth-order valence-electron chi connectivity index (χ4n) is 14.6. The molecule has 36 heteroatoms.